The summed E-state index contributed by atoms with van der Waals surface area (Å²) in [5, 5.41) is 3.10. The first-order valence-corrected chi connectivity index (χ1v) is 12.7. The number of methoxy groups -OCH3 is 1. The molecule has 1 unspecified atom stereocenters. The fourth-order valence-corrected chi connectivity index (χ4v) is 5.55. The number of hydrogen-bond acceptors (Lipinski definition) is 4. The van der Waals surface area contributed by atoms with E-state index in [9.17, 15) is 13.2 Å². The van der Waals surface area contributed by atoms with Crippen molar-refractivity contribution in [3.63, 3.8) is 0 Å². The summed E-state index contributed by atoms with van der Waals surface area (Å²) < 4.78 is 32.4. The number of sulfonamides is 1. The zero-order chi connectivity index (χ0) is 23.3. The quantitative estimate of drug-likeness (QED) is 0.644. The smallest absolute Gasteiger partial charge is 0.243 e. The molecule has 2 aromatic rings. The summed E-state index contributed by atoms with van der Waals surface area (Å²) in [6.45, 7) is 7.06. The summed E-state index contributed by atoms with van der Waals surface area (Å²) in [6.07, 6.45) is 2.07. The van der Waals surface area contributed by atoms with Gasteiger partial charge in [-0.1, -0.05) is 38.1 Å². The Labute approximate surface area is 192 Å². The van der Waals surface area contributed by atoms with Crippen molar-refractivity contribution in [1.29, 1.82) is 0 Å². The molecule has 0 saturated carbocycles. The van der Waals surface area contributed by atoms with Crippen molar-refractivity contribution in [2.24, 2.45) is 11.8 Å². The summed E-state index contributed by atoms with van der Waals surface area (Å²) in [5.41, 5.74) is 2.37. The van der Waals surface area contributed by atoms with Gasteiger partial charge in [-0.05, 0) is 67.5 Å². The lowest BCUT2D eigenvalue weighted by Gasteiger charge is -2.31. The average molecular weight is 459 g/mol. The van der Waals surface area contributed by atoms with Crippen molar-refractivity contribution >= 4 is 15.9 Å². The maximum atomic E-state index is 12.9. The van der Waals surface area contributed by atoms with Gasteiger partial charge in [0.05, 0.1) is 18.0 Å². The fraction of sp³-hybridized carbons (Fsp3) is 0.480. The molecule has 32 heavy (non-hydrogen) atoms. The van der Waals surface area contributed by atoms with Crippen LogP contribution in [0.1, 0.15) is 50.8 Å². The van der Waals surface area contributed by atoms with E-state index < -0.39 is 10.0 Å². The van der Waals surface area contributed by atoms with Crippen LogP contribution in [0.25, 0.3) is 0 Å². The van der Waals surface area contributed by atoms with Crippen LogP contribution in [0.4, 0.5) is 0 Å². The summed E-state index contributed by atoms with van der Waals surface area (Å²) >= 11 is 0. The maximum Gasteiger partial charge on any atom is 0.243 e. The van der Waals surface area contributed by atoms with Gasteiger partial charge in [-0.2, -0.15) is 4.31 Å². The van der Waals surface area contributed by atoms with Gasteiger partial charge < -0.3 is 10.1 Å². The number of rotatable bonds is 8. The third-order valence-corrected chi connectivity index (χ3v) is 7.92. The number of carbonyl (C=O) groups excluding carboxylic acids is 1. The molecule has 1 fully saturated rings. The van der Waals surface area contributed by atoms with Crippen LogP contribution in [-0.4, -0.2) is 38.8 Å². The van der Waals surface area contributed by atoms with Crippen molar-refractivity contribution < 1.29 is 17.9 Å². The third kappa shape index (κ3) is 5.90. The lowest BCUT2D eigenvalue weighted by molar-refractivity contribution is -0.126. The Morgan fingerprint density at radius 2 is 1.62 bits per heavy atom. The molecular formula is C25H34N2O4S. The SMILES string of the molecule is COc1ccc(S(=O)(=O)N2CCC(C(=O)NC(C)c3ccc(CC(C)C)cc3)CC2)cc1. The van der Waals surface area contributed by atoms with E-state index in [0.717, 1.165) is 12.0 Å². The Balaban J connectivity index is 1.54. The Kier molecular flexibility index (Phi) is 7.96. The minimum Gasteiger partial charge on any atom is -0.497 e. The number of nitrogens with zero attached hydrogens (tertiary/aromatic N) is 1. The topological polar surface area (TPSA) is 75.7 Å². The fourth-order valence-electron chi connectivity index (χ4n) is 4.08. The normalized spacial score (nSPS) is 16.7. The molecule has 0 aliphatic carbocycles. The molecule has 0 bridgehead atoms. The molecule has 6 nitrogen and oxygen atoms in total. The number of amides is 1. The van der Waals surface area contributed by atoms with Crippen LogP contribution in [0.5, 0.6) is 5.75 Å². The highest BCUT2D eigenvalue weighted by molar-refractivity contribution is 7.89. The average Bonchev–Trinajstić information content (AvgIpc) is 2.79. The zero-order valence-electron chi connectivity index (χ0n) is 19.4. The molecule has 2 aromatic carbocycles. The Morgan fingerprint density at radius 3 is 2.16 bits per heavy atom. The predicted octanol–water partition coefficient (Wildman–Crippen LogP) is 4.17. The molecule has 174 valence electrons. The molecular weight excluding hydrogens is 424 g/mol. The van der Waals surface area contributed by atoms with E-state index >= 15 is 0 Å². The molecule has 0 spiro atoms. The van der Waals surface area contributed by atoms with Crippen LogP contribution in [-0.2, 0) is 21.2 Å². The van der Waals surface area contributed by atoms with Crippen LogP contribution in [0, 0.1) is 11.8 Å². The molecule has 3 rings (SSSR count). The third-order valence-electron chi connectivity index (χ3n) is 6.00. The largest absolute Gasteiger partial charge is 0.497 e. The van der Waals surface area contributed by atoms with Gasteiger partial charge in [-0.25, -0.2) is 8.42 Å². The van der Waals surface area contributed by atoms with E-state index in [1.807, 2.05) is 6.92 Å². The van der Waals surface area contributed by atoms with E-state index in [1.54, 1.807) is 31.4 Å². The molecule has 7 heteroatoms. The first-order chi connectivity index (χ1) is 15.2. The first kappa shape index (κ1) is 24.3. The highest BCUT2D eigenvalue weighted by atomic mass is 32.2. The minimum atomic E-state index is -3.57. The maximum absolute atomic E-state index is 12.9. The number of hydrogen-bond donors (Lipinski definition) is 1. The molecule has 1 atom stereocenters. The standard InChI is InChI=1S/C25H34N2O4S/c1-18(2)17-20-5-7-21(8-6-20)19(3)26-25(28)22-13-15-27(16-14-22)32(29,30)24-11-9-23(31-4)10-12-24/h5-12,18-19,22H,13-17H2,1-4H3,(H,26,28). The van der Waals surface area contributed by atoms with Gasteiger partial charge in [0.15, 0.2) is 0 Å². The van der Waals surface area contributed by atoms with E-state index in [2.05, 4.69) is 43.4 Å². The number of benzene rings is 2. The Hall–Kier alpha value is -2.38. The van der Waals surface area contributed by atoms with Crippen LogP contribution < -0.4 is 10.1 Å². The van der Waals surface area contributed by atoms with Gasteiger partial charge in [0, 0.05) is 19.0 Å². The first-order valence-electron chi connectivity index (χ1n) is 11.2. The van der Waals surface area contributed by atoms with Gasteiger partial charge in [0.2, 0.25) is 15.9 Å². The molecule has 0 radical (unpaired) electrons. The van der Waals surface area contributed by atoms with Gasteiger partial charge in [-0.15, -0.1) is 0 Å². The Morgan fingerprint density at radius 1 is 1.03 bits per heavy atom. The van der Waals surface area contributed by atoms with Crippen LogP contribution in [0.3, 0.4) is 0 Å². The zero-order valence-corrected chi connectivity index (χ0v) is 20.2. The second-order valence-corrected chi connectivity index (χ2v) is 10.9. The lowest BCUT2D eigenvalue weighted by atomic mass is 9.96. The van der Waals surface area contributed by atoms with E-state index in [4.69, 9.17) is 4.74 Å². The molecule has 1 aliphatic rings. The van der Waals surface area contributed by atoms with Crippen molar-refractivity contribution in [2.75, 3.05) is 20.2 Å². The second kappa shape index (κ2) is 10.5. The van der Waals surface area contributed by atoms with Crippen molar-refractivity contribution in [1.82, 2.24) is 9.62 Å². The van der Waals surface area contributed by atoms with Crippen molar-refractivity contribution in [3.8, 4) is 5.75 Å². The minimum absolute atomic E-state index is 0.00903. The molecule has 1 amide bonds. The van der Waals surface area contributed by atoms with E-state index in [0.29, 0.717) is 37.6 Å². The van der Waals surface area contributed by atoms with Crippen LogP contribution in [0.15, 0.2) is 53.4 Å². The lowest BCUT2D eigenvalue weighted by Crippen LogP contribution is -2.43. The highest BCUT2D eigenvalue weighted by Crippen LogP contribution is 2.26. The van der Waals surface area contributed by atoms with Gasteiger partial charge in [0.25, 0.3) is 0 Å². The van der Waals surface area contributed by atoms with Crippen molar-refractivity contribution in [2.45, 2.75) is 51.0 Å². The summed E-state index contributed by atoms with van der Waals surface area (Å²) in [7, 11) is -2.03. The van der Waals surface area contributed by atoms with Gasteiger partial charge in [-0.3, -0.25) is 4.79 Å². The van der Waals surface area contributed by atoms with Crippen LogP contribution in [0.2, 0.25) is 0 Å². The van der Waals surface area contributed by atoms with Crippen molar-refractivity contribution in [3.05, 3.63) is 59.7 Å². The second-order valence-electron chi connectivity index (χ2n) is 8.92. The number of carbonyl (C=O) groups is 1. The summed E-state index contributed by atoms with van der Waals surface area (Å²) in [4.78, 5) is 13.0. The molecule has 1 N–H and O–H groups in total. The number of ether oxygens (including phenoxy) is 1. The molecule has 0 aromatic heterocycles. The van der Waals surface area contributed by atoms with Gasteiger partial charge in [0.1, 0.15) is 5.75 Å². The highest BCUT2D eigenvalue weighted by Gasteiger charge is 2.32. The summed E-state index contributed by atoms with van der Waals surface area (Å²) in [5.74, 6) is 1.03. The summed E-state index contributed by atoms with van der Waals surface area (Å²) in [6, 6.07) is 14.7. The van der Waals surface area contributed by atoms with Gasteiger partial charge >= 0.3 is 0 Å². The Bertz CT molecular complexity index is 993. The molecule has 1 saturated heterocycles. The predicted molar refractivity (Wildman–Crippen MR) is 126 cm³/mol. The number of nitrogens with one attached hydrogen (secondary N) is 1. The monoisotopic (exact) mass is 458 g/mol. The van der Waals surface area contributed by atoms with E-state index in [1.165, 1.54) is 9.87 Å². The molecule has 1 heterocycles. The number of piperidine rings is 1. The van der Waals surface area contributed by atoms with E-state index in [-0.39, 0.29) is 22.8 Å². The molecule has 1 aliphatic heterocycles. The van der Waals surface area contributed by atoms with Crippen LogP contribution >= 0.6 is 0 Å².